The molecule has 0 amide bonds. The topological polar surface area (TPSA) is 58.3 Å². The van der Waals surface area contributed by atoms with Crippen molar-refractivity contribution in [3.05, 3.63) is 0 Å². The van der Waals surface area contributed by atoms with Gasteiger partial charge in [0, 0.05) is 0 Å². The van der Waals surface area contributed by atoms with Gasteiger partial charge >= 0.3 is 0 Å². The predicted octanol–water partition coefficient (Wildman–Crippen LogP) is 1.60. The van der Waals surface area contributed by atoms with Crippen LogP contribution in [-0.4, -0.2) is 23.9 Å². The molecule has 0 aliphatic heterocycles. The van der Waals surface area contributed by atoms with Crippen molar-refractivity contribution in [3.63, 3.8) is 0 Å². The molecular formula is C11H26N2O. The van der Waals surface area contributed by atoms with Gasteiger partial charge in [0.05, 0.1) is 12.3 Å². The maximum Gasteiger partial charge on any atom is 0.0543 e. The summed E-state index contributed by atoms with van der Waals surface area (Å²) < 4.78 is 0. The van der Waals surface area contributed by atoms with Gasteiger partial charge in [-0.1, -0.05) is 26.7 Å². The summed E-state index contributed by atoms with van der Waals surface area (Å²) in [6, 6.07) is 0. The van der Waals surface area contributed by atoms with Gasteiger partial charge in [0.2, 0.25) is 0 Å². The van der Waals surface area contributed by atoms with E-state index in [4.69, 9.17) is 5.73 Å². The molecule has 0 rings (SSSR count). The summed E-state index contributed by atoms with van der Waals surface area (Å²) in [6.07, 6.45) is 6.09. The summed E-state index contributed by atoms with van der Waals surface area (Å²) >= 11 is 0. The Morgan fingerprint density at radius 2 is 1.86 bits per heavy atom. The molecule has 2 atom stereocenters. The second kappa shape index (κ2) is 9.44. The van der Waals surface area contributed by atoms with Crippen LogP contribution < -0.4 is 11.1 Å². The number of aliphatic hydroxyl groups is 1. The van der Waals surface area contributed by atoms with E-state index in [1.165, 1.54) is 0 Å². The van der Waals surface area contributed by atoms with Crippen LogP contribution in [0.15, 0.2) is 0 Å². The summed E-state index contributed by atoms with van der Waals surface area (Å²) in [5, 5.41) is 12.8. The number of hydrogen-bond acceptors (Lipinski definition) is 3. The van der Waals surface area contributed by atoms with Crippen molar-refractivity contribution < 1.29 is 5.11 Å². The van der Waals surface area contributed by atoms with Crippen molar-refractivity contribution in [2.24, 2.45) is 5.73 Å². The van der Waals surface area contributed by atoms with E-state index >= 15 is 0 Å². The van der Waals surface area contributed by atoms with E-state index in [0.717, 1.165) is 45.1 Å². The van der Waals surface area contributed by atoms with Gasteiger partial charge in [-0.15, -0.1) is 0 Å². The molecule has 0 spiro atoms. The van der Waals surface area contributed by atoms with E-state index in [-0.39, 0.29) is 12.3 Å². The first-order valence-electron chi connectivity index (χ1n) is 5.87. The highest BCUT2D eigenvalue weighted by Gasteiger charge is 2.03. The zero-order chi connectivity index (χ0) is 10.8. The van der Waals surface area contributed by atoms with Crippen LogP contribution in [0, 0.1) is 0 Å². The Labute approximate surface area is 88.1 Å². The lowest BCUT2D eigenvalue weighted by molar-refractivity contribution is 0.148. The third kappa shape index (κ3) is 8.48. The first-order valence-corrected chi connectivity index (χ1v) is 5.87. The fourth-order valence-corrected chi connectivity index (χ4v) is 1.35. The van der Waals surface area contributed by atoms with Gasteiger partial charge in [-0.3, -0.25) is 0 Å². The molecule has 0 bridgehead atoms. The van der Waals surface area contributed by atoms with Crippen LogP contribution >= 0.6 is 0 Å². The number of hydrogen-bond donors (Lipinski definition) is 3. The Kier molecular flexibility index (Phi) is 9.35. The minimum Gasteiger partial charge on any atom is -0.393 e. The zero-order valence-corrected chi connectivity index (χ0v) is 9.63. The molecule has 3 heteroatoms. The Bertz CT molecular complexity index is 120. The second-order valence-corrected chi connectivity index (χ2v) is 3.91. The van der Waals surface area contributed by atoms with E-state index < -0.39 is 0 Å². The number of aliphatic hydroxyl groups excluding tert-OH is 1. The third-order valence-electron chi connectivity index (χ3n) is 2.45. The molecule has 0 aromatic heterocycles. The minimum atomic E-state index is -0.116. The maximum atomic E-state index is 9.54. The lowest BCUT2D eigenvalue weighted by Gasteiger charge is -2.13. The fraction of sp³-hybridized carbons (Fsp3) is 1.00. The Morgan fingerprint density at radius 3 is 2.43 bits per heavy atom. The molecule has 0 saturated heterocycles. The van der Waals surface area contributed by atoms with E-state index in [1.807, 2.05) is 0 Å². The molecule has 0 aromatic carbocycles. The monoisotopic (exact) mass is 202 g/mol. The standard InChI is InChI=1S/C11H26N2O/c1-3-5-7-10(14)8-6-9-13-11(12)4-2/h10-11,13-14H,3-9,12H2,1-2H3. The molecule has 0 fully saturated rings. The van der Waals surface area contributed by atoms with Gasteiger partial charge in [-0.05, 0) is 32.2 Å². The Morgan fingerprint density at radius 1 is 1.21 bits per heavy atom. The first kappa shape index (κ1) is 13.9. The summed E-state index contributed by atoms with van der Waals surface area (Å²) in [5.74, 6) is 0. The van der Waals surface area contributed by atoms with Crippen LogP contribution in [0.3, 0.4) is 0 Å². The molecule has 0 aromatic rings. The van der Waals surface area contributed by atoms with E-state index in [9.17, 15) is 5.11 Å². The lowest BCUT2D eigenvalue weighted by atomic mass is 10.1. The normalized spacial score (nSPS) is 15.4. The largest absolute Gasteiger partial charge is 0.393 e. The Hall–Kier alpha value is -0.120. The van der Waals surface area contributed by atoms with Gasteiger partial charge in [-0.2, -0.15) is 0 Å². The van der Waals surface area contributed by atoms with Crippen LogP contribution in [0.2, 0.25) is 0 Å². The third-order valence-corrected chi connectivity index (χ3v) is 2.45. The number of nitrogens with one attached hydrogen (secondary N) is 1. The summed E-state index contributed by atoms with van der Waals surface area (Å²) in [6.45, 7) is 5.13. The van der Waals surface area contributed by atoms with Crippen molar-refractivity contribution in [3.8, 4) is 0 Å². The van der Waals surface area contributed by atoms with Crippen LogP contribution in [0.1, 0.15) is 52.4 Å². The summed E-state index contributed by atoms with van der Waals surface area (Å²) in [7, 11) is 0. The average molecular weight is 202 g/mol. The minimum absolute atomic E-state index is 0.114. The fourth-order valence-electron chi connectivity index (χ4n) is 1.35. The SMILES string of the molecule is CCCCC(O)CCCNC(N)CC. The van der Waals surface area contributed by atoms with Crippen molar-refractivity contribution >= 4 is 0 Å². The first-order chi connectivity index (χ1) is 6.70. The average Bonchev–Trinajstić information content (AvgIpc) is 2.21. The number of unbranched alkanes of at least 4 members (excludes halogenated alkanes) is 1. The number of rotatable bonds is 9. The van der Waals surface area contributed by atoms with Crippen molar-refractivity contribution in [1.29, 1.82) is 0 Å². The molecule has 0 aliphatic rings. The highest BCUT2D eigenvalue weighted by molar-refractivity contribution is 4.60. The molecular weight excluding hydrogens is 176 g/mol. The molecule has 4 N–H and O–H groups in total. The van der Waals surface area contributed by atoms with Gasteiger partial charge in [-0.25, -0.2) is 0 Å². The molecule has 0 aliphatic carbocycles. The summed E-state index contributed by atoms with van der Waals surface area (Å²) in [5.41, 5.74) is 5.70. The van der Waals surface area contributed by atoms with E-state index in [2.05, 4.69) is 19.2 Å². The van der Waals surface area contributed by atoms with Crippen LogP contribution in [0.25, 0.3) is 0 Å². The quantitative estimate of drug-likeness (QED) is 0.393. The van der Waals surface area contributed by atoms with Gasteiger partial charge in [0.15, 0.2) is 0 Å². The molecule has 14 heavy (non-hydrogen) atoms. The highest BCUT2D eigenvalue weighted by Crippen LogP contribution is 2.05. The van der Waals surface area contributed by atoms with Crippen molar-refractivity contribution in [2.45, 2.75) is 64.6 Å². The van der Waals surface area contributed by atoms with Crippen LogP contribution in [0.4, 0.5) is 0 Å². The Balaban J connectivity index is 3.18. The van der Waals surface area contributed by atoms with E-state index in [1.54, 1.807) is 0 Å². The number of nitrogens with two attached hydrogens (primary N) is 1. The molecule has 0 saturated carbocycles. The molecule has 3 nitrogen and oxygen atoms in total. The maximum absolute atomic E-state index is 9.54. The van der Waals surface area contributed by atoms with E-state index in [0.29, 0.717) is 0 Å². The summed E-state index contributed by atoms with van der Waals surface area (Å²) in [4.78, 5) is 0. The van der Waals surface area contributed by atoms with Crippen LogP contribution in [0.5, 0.6) is 0 Å². The zero-order valence-electron chi connectivity index (χ0n) is 9.63. The van der Waals surface area contributed by atoms with Gasteiger partial charge in [0.25, 0.3) is 0 Å². The predicted molar refractivity (Wildman–Crippen MR) is 61.0 cm³/mol. The van der Waals surface area contributed by atoms with Gasteiger partial charge in [0.1, 0.15) is 0 Å². The molecule has 2 unspecified atom stereocenters. The highest BCUT2D eigenvalue weighted by atomic mass is 16.3. The van der Waals surface area contributed by atoms with Crippen molar-refractivity contribution in [2.75, 3.05) is 6.54 Å². The second-order valence-electron chi connectivity index (χ2n) is 3.91. The smallest absolute Gasteiger partial charge is 0.0543 e. The van der Waals surface area contributed by atoms with Crippen molar-refractivity contribution in [1.82, 2.24) is 5.32 Å². The molecule has 0 heterocycles. The molecule has 0 radical (unpaired) electrons. The van der Waals surface area contributed by atoms with Crippen LogP contribution in [-0.2, 0) is 0 Å². The van der Waals surface area contributed by atoms with Gasteiger partial charge < -0.3 is 16.2 Å². The molecule has 86 valence electrons. The lowest BCUT2D eigenvalue weighted by Crippen LogP contribution is -2.37.